The molecule has 0 aliphatic heterocycles. The maximum atomic E-state index is 5.35. The Bertz CT molecular complexity index is 554. The van der Waals surface area contributed by atoms with Gasteiger partial charge in [-0.1, -0.05) is 42.0 Å². The smallest absolute Gasteiger partial charge is 0.123 e. The van der Waals surface area contributed by atoms with Crippen molar-refractivity contribution < 1.29 is 4.74 Å². The number of ether oxygens (including phenoxy) is 1. The van der Waals surface area contributed by atoms with Gasteiger partial charge in [-0.2, -0.15) is 0 Å². The largest absolute Gasteiger partial charge is 0.496 e. The number of nitrogens with one attached hydrogen (secondary N) is 1. The van der Waals surface area contributed by atoms with Crippen LogP contribution < -0.4 is 10.1 Å². The summed E-state index contributed by atoms with van der Waals surface area (Å²) in [4.78, 5) is 0. The summed E-state index contributed by atoms with van der Waals surface area (Å²) in [6.45, 7) is 5.98. The van der Waals surface area contributed by atoms with E-state index in [9.17, 15) is 0 Å². The molecule has 3 heteroatoms. The van der Waals surface area contributed by atoms with Gasteiger partial charge in [0.15, 0.2) is 0 Å². The Morgan fingerprint density at radius 2 is 1.65 bits per heavy atom. The predicted octanol–water partition coefficient (Wildman–Crippen LogP) is 4.02. The number of aryl methyl sites for hydroxylation is 2. The Morgan fingerprint density at radius 1 is 0.950 bits per heavy atom. The first-order chi connectivity index (χ1) is 9.20. The molecule has 0 atom stereocenters. The van der Waals surface area contributed by atoms with Crippen LogP contribution in [-0.2, 0) is 13.1 Å². The van der Waals surface area contributed by atoms with E-state index in [0.717, 1.165) is 18.8 Å². The summed E-state index contributed by atoms with van der Waals surface area (Å²) in [5.41, 5.74) is 5.18. The lowest BCUT2D eigenvalue weighted by Crippen LogP contribution is -2.14. The number of rotatable bonds is 5. The van der Waals surface area contributed by atoms with Crippen LogP contribution in [0.25, 0.3) is 0 Å². The van der Waals surface area contributed by atoms with E-state index in [1.807, 2.05) is 18.2 Å². The molecule has 2 nitrogen and oxygen atoms in total. The van der Waals surface area contributed by atoms with Gasteiger partial charge in [0.1, 0.15) is 5.75 Å². The zero-order valence-electron chi connectivity index (χ0n) is 12.3. The Morgan fingerprint density at radius 3 is 2.40 bits per heavy atom. The minimum atomic E-state index is 0. The van der Waals surface area contributed by atoms with Crippen LogP contribution in [0, 0.1) is 13.8 Å². The maximum Gasteiger partial charge on any atom is 0.123 e. The van der Waals surface area contributed by atoms with Crippen LogP contribution in [0.3, 0.4) is 0 Å². The molecule has 0 spiro atoms. The van der Waals surface area contributed by atoms with E-state index in [4.69, 9.17) is 4.74 Å². The van der Waals surface area contributed by atoms with E-state index in [0.29, 0.717) is 0 Å². The molecule has 0 saturated carbocycles. The minimum Gasteiger partial charge on any atom is -0.496 e. The van der Waals surface area contributed by atoms with Crippen molar-refractivity contribution >= 4 is 12.4 Å². The van der Waals surface area contributed by atoms with Crippen LogP contribution in [0.2, 0.25) is 0 Å². The zero-order valence-corrected chi connectivity index (χ0v) is 13.1. The van der Waals surface area contributed by atoms with Crippen molar-refractivity contribution in [3.05, 3.63) is 64.7 Å². The fraction of sp³-hybridized carbons (Fsp3) is 0.294. The molecule has 2 aromatic carbocycles. The first kappa shape index (κ1) is 16.5. The Balaban J connectivity index is 0.00000200. The molecule has 0 aliphatic rings. The van der Waals surface area contributed by atoms with Gasteiger partial charge in [-0.25, -0.2) is 0 Å². The SMILES string of the molecule is COc1ccccc1CNCc1cc(C)ccc1C.Cl. The number of hydrogen-bond acceptors (Lipinski definition) is 2. The molecule has 0 bridgehead atoms. The van der Waals surface area contributed by atoms with E-state index >= 15 is 0 Å². The van der Waals surface area contributed by atoms with Crippen molar-refractivity contribution in [1.29, 1.82) is 0 Å². The molecule has 1 N–H and O–H groups in total. The molecule has 0 unspecified atom stereocenters. The molecule has 0 radical (unpaired) electrons. The van der Waals surface area contributed by atoms with Crippen molar-refractivity contribution in [3.8, 4) is 5.75 Å². The molecule has 0 amide bonds. The van der Waals surface area contributed by atoms with Gasteiger partial charge in [0.05, 0.1) is 7.11 Å². The van der Waals surface area contributed by atoms with Crippen LogP contribution in [0.5, 0.6) is 5.75 Å². The normalized spacial score (nSPS) is 9.95. The van der Waals surface area contributed by atoms with Gasteiger partial charge in [-0.15, -0.1) is 12.4 Å². The number of halogens is 1. The first-order valence-corrected chi connectivity index (χ1v) is 6.59. The lowest BCUT2D eigenvalue weighted by molar-refractivity contribution is 0.407. The van der Waals surface area contributed by atoms with Crippen LogP contribution >= 0.6 is 12.4 Å². The zero-order chi connectivity index (χ0) is 13.7. The second kappa shape index (κ2) is 7.93. The fourth-order valence-corrected chi connectivity index (χ4v) is 2.17. The Kier molecular flexibility index (Phi) is 6.56. The third-order valence-corrected chi connectivity index (χ3v) is 3.33. The Labute approximate surface area is 127 Å². The first-order valence-electron chi connectivity index (χ1n) is 6.59. The molecule has 2 aromatic rings. The monoisotopic (exact) mass is 291 g/mol. The summed E-state index contributed by atoms with van der Waals surface area (Å²) in [6, 6.07) is 14.7. The van der Waals surface area contributed by atoms with E-state index < -0.39 is 0 Å². The molecule has 20 heavy (non-hydrogen) atoms. The van der Waals surface area contributed by atoms with Gasteiger partial charge >= 0.3 is 0 Å². The second-order valence-corrected chi connectivity index (χ2v) is 4.85. The standard InChI is InChI=1S/C17H21NO.ClH/c1-13-8-9-14(2)16(10-13)12-18-11-15-6-4-5-7-17(15)19-3;/h4-10,18H,11-12H2,1-3H3;1H. The predicted molar refractivity (Wildman–Crippen MR) is 86.7 cm³/mol. The summed E-state index contributed by atoms with van der Waals surface area (Å²) >= 11 is 0. The summed E-state index contributed by atoms with van der Waals surface area (Å²) in [6.07, 6.45) is 0. The molecule has 0 heterocycles. The van der Waals surface area contributed by atoms with Gasteiger partial charge < -0.3 is 10.1 Å². The van der Waals surface area contributed by atoms with E-state index in [1.54, 1.807) is 7.11 Å². The van der Waals surface area contributed by atoms with Crippen LogP contribution in [-0.4, -0.2) is 7.11 Å². The highest BCUT2D eigenvalue weighted by Gasteiger charge is 2.02. The molecular formula is C17H22ClNO. The summed E-state index contributed by atoms with van der Waals surface area (Å²) in [7, 11) is 1.71. The maximum absolute atomic E-state index is 5.35. The van der Waals surface area contributed by atoms with Gasteiger partial charge in [-0.05, 0) is 31.0 Å². The number of benzene rings is 2. The lowest BCUT2D eigenvalue weighted by Gasteiger charge is -2.11. The van der Waals surface area contributed by atoms with Crippen LogP contribution in [0.15, 0.2) is 42.5 Å². The molecule has 0 saturated heterocycles. The van der Waals surface area contributed by atoms with E-state index in [2.05, 4.69) is 43.4 Å². The summed E-state index contributed by atoms with van der Waals surface area (Å²) in [5, 5.41) is 3.48. The lowest BCUT2D eigenvalue weighted by atomic mass is 10.1. The third-order valence-electron chi connectivity index (χ3n) is 3.33. The van der Waals surface area contributed by atoms with Gasteiger partial charge in [0, 0.05) is 18.7 Å². The van der Waals surface area contributed by atoms with Crippen molar-refractivity contribution in [1.82, 2.24) is 5.32 Å². The van der Waals surface area contributed by atoms with Crippen molar-refractivity contribution in [2.45, 2.75) is 26.9 Å². The number of hydrogen-bond donors (Lipinski definition) is 1. The number of para-hydroxylation sites is 1. The molecule has 2 rings (SSSR count). The molecule has 108 valence electrons. The third kappa shape index (κ3) is 4.26. The molecule has 0 aromatic heterocycles. The average Bonchev–Trinajstić information content (AvgIpc) is 2.43. The van der Waals surface area contributed by atoms with Gasteiger partial charge in [-0.3, -0.25) is 0 Å². The van der Waals surface area contributed by atoms with Crippen molar-refractivity contribution in [2.75, 3.05) is 7.11 Å². The second-order valence-electron chi connectivity index (χ2n) is 4.85. The quantitative estimate of drug-likeness (QED) is 0.898. The van der Waals surface area contributed by atoms with Gasteiger partial charge in [0.25, 0.3) is 0 Å². The van der Waals surface area contributed by atoms with Gasteiger partial charge in [0.2, 0.25) is 0 Å². The highest BCUT2D eigenvalue weighted by molar-refractivity contribution is 5.85. The van der Waals surface area contributed by atoms with Crippen molar-refractivity contribution in [2.24, 2.45) is 0 Å². The average molecular weight is 292 g/mol. The highest BCUT2D eigenvalue weighted by Crippen LogP contribution is 2.17. The molecular weight excluding hydrogens is 270 g/mol. The van der Waals surface area contributed by atoms with Crippen molar-refractivity contribution in [3.63, 3.8) is 0 Å². The van der Waals surface area contributed by atoms with E-state index in [-0.39, 0.29) is 12.4 Å². The fourth-order valence-electron chi connectivity index (χ4n) is 2.17. The summed E-state index contributed by atoms with van der Waals surface area (Å²) < 4.78 is 5.35. The highest BCUT2D eigenvalue weighted by atomic mass is 35.5. The summed E-state index contributed by atoms with van der Waals surface area (Å²) in [5.74, 6) is 0.941. The van der Waals surface area contributed by atoms with Crippen LogP contribution in [0.4, 0.5) is 0 Å². The van der Waals surface area contributed by atoms with Crippen LogP contribution in [0.1, 0.15) is 22.3 Å². The topological polar surface area (TPSA) is 21.3 Å². The van der Waals surface area contributed by atoms with E-state index in [1.165, 1.54) is 22.3 Å². The number of methoxy groups -OCH3 is 1. The minimum absolute atomic E-state index is 0. The Hall–Kier alpha value is -1.51. The molecule has 0 aliphatic carbocycles. The molecule has 0 fully saturated rings.